The first-order valence-electron chi connectivity index (χ1n) is 8.82. The van der Waals surface area contributed by atoms with Crippen molar-refractivity contribution in [2.24, 2.45) is 0 Å². The van der Waals surface area contributed by atoms with E-state index in [1.54, 1.807) is 19.2 Å². The Morgan fingerprint density at radius 3 is 2.32 bits per heavy atom. The largest absolute Gasteiger partial charge is 0.496 e. The second-order valence-electron chi connectivity index (χ2n) is 6.06. The van der Waals surface area contributed by atoms with Crippen LogP contribution in [-0.4, -0.2) is 37.6 Å². The number of hydrogen-bond donors (Lipinski definition) is 1. The highest BCUT2D eigenvalue weighted by Gasteiger charge is 2.20. The van der Waals surface area contributed by atoms with Crippen molar-refractivity contribution < 1.29 is 9.53 Å². The maximum Gasteiger partial charge on any atom is 0.255 e. The van der Waals surface area contributed by atoms with Crippen LogP contribution in [0.4, 0.5) is 0 Å². The van der Waals surface area contributed by atoms with Gasteiger partial charge in [0.1, 0.15) is 5.75 Å². The van der Waals surface area contributed by atoms with Crippen molar-refractivity contribution in [3.05, 3.63) is 65.2 Å². The lowest BCUT2D eigenvalue weighted by Gasteiger charge is -2.30. The lowest BCUT2D eigenvalue weighted by atomic mass is 10.0. The van der Waals surface area contributed by atoms with Crippen LogP contribution in [0.3, 0.4) is 0 Å². The molecule has 0 aliphatic rings. The third-order valence-corrected chi connectivity index (χ3v) is 4.52. The Morgan fingerprint density at radius 1 is 1.08 bits per heavy atom. The average molecular weight is 340 g/mol. The normalized spacial score (nSPS) is 12.0. The van der Waals surface area contributed by atoms with Crippen molar-refractivity contribution in [3.8, 4) is 5.75 Å². The minimum atomic E-state index is -0.110. The van der Waals surface area contributed by atoms with E-state index in [0.717, 1.165) is 13.1 Å². The molecule has 1 amide bonds. The van der Waals surface area contributed by atoms with Crippen LogP contribution in [0.2, 0.25) is 0 Å². The van der Waals surface area contributed by atoms with Gasteiger partial charge in [-0.1, -0.05) is 55.8 Å². The van der Waals surface area contributed by atoms with Gasteiger partial charge < -0.3 is 10.1 Å². The van der Waals surface area contributed by atoms with E-state index in [4.69, 9.17) is 4.74 Å². The SMILES string of the molecule is CCN(CC)C(CNC(=O)c1ccccc1OC)c1ccc(C)cc1. The Balaban J connectivity index is 2.16. The number of methoxy groups -OCH3 is 1. The monoisotopic (exact) mass is 340 g/mol. The fourth-order valence-electron chi connectivity index (χ4n) is 3.03. The first-order chi connectivity index (χ1) is 12.1. The molecular formula is C21H28N2O2. The van der Waals surface area contributed by atoms with Gasteiger partial charge in [-0.15, -0.1) is 0 Å². The van der Waals surface area contributed by atoms with Crippen LogP contribution in [0.15, 0.2) is 48.5 Å². The van der Waals surface area contributed by atoms with Crippen molar-refractivity contribution in [2.75, 3.05) is 26.7 Å². The molecular weight excluding hydrogens is 312 g/mol. The Kier molecular flexibility index (Phi) is 7.02. The predicted molar refractivity (Wildman–Crippen MR) is 102 cm³/mol. The molecule has 2 aromatic carbocycles. The summed E-state index contributed by atoms with van der Waals surface area (Å²) in [5, 5.41) is 3.08. The van der Waals surface area contributed by atoms with Gasteiger partial charge in [-0.3, -0.25) is 9.69 Å². The molecule has 0 aromatic heterocycles. The van der Waals surface area contributed by atoms with E-state index in [2.05, 4.69) is 55.3 Å². The van der Waals surface area contributed by atoms with Gasteiger partial charge in [0.15, 0.2) is 0 Å². The summed E-state index contributed by atoms with van der Waals surface area (Å²) in [4.78, 5) is 15.0. The number of nitrogens with one attached hydrogen (secondary N) is 1. The van der Waals surface area contributed by atoms with Gasteiger partial charge in [0.2, 0.25) is 0 Å². The molecule has 4 heteroatoms. The molecule has 1 N–H and O–H groups in total. The molecule has 0 saturated carbocycles. The third kappa shape index (κ3) is 4.83. The van der Waals surface area contributed by atoms with Crippen LogP contribution >= 0.6 is 0 Å². The number of amides is 1. The molecule has 0 radical (unpaired) electrons. The quantitative estimate of drug-likeness (QED) is 0.794. The van der Waals surface area contributed by atoms with Crippen LogP contribution in [0, 0.1) is 6.92 Å². The number of para-hydroxylation sites is 1. The second kappa shape index (κ2) is 9.23. The van der Waals surface area contributed by atoms with Gasteiger partial charge in [0, 0.05) is 6.54 Å². The fourth-order valence-corrected chi connectivity index (χ4v) is 3.03. The first kappa shape index (κ1) is 19.0. The zero-order valence-electron chi connectivity index (χ0n) is 15.6. The first-order valence-corrected chi connectivity index (χ1v) is 8.82. The maximum absolute atomic E-state index is 12.6. The van der Waals surface area contributed by atoms with Gasteiger partial charge in [0.25, 0.3) is 5.91 Å². The van der Waals surface area contributed by atoms with E-state index >= 15 is 0 Å². The summed E-state index contributed by atoms with van der Waals surface area (Å²) >= 11 is 0. The molecule has 25 heavy (non-hydrogen) atoms. The van der Waals surface area contributed by atoms with Crippen LogP contribution in [-0.2, 0) is 0 Å². The molecule has 0 fully saturated rings. The lowest BCUT2D eigenvalue weighted by molar-refractivity contribution is 0.0932. The number of aryl methyl sites for hydroxylation is 1. The predicted octanol–water partition coefficient (Wildman–Crippen LogP) is 3.82. The zero-order valence-corrected chi connectivity index (χ0v) is 15.6. The highest BCUT2D eigenvalue weighted by Crippen LogP contribution is 2.21. The Hall–Kier alpha value is -2.33. The standard InChI is InChI=1S/C21H28N2O2/c1-5-23(6-2)19(17-13-11-16(3)12-14-17)15-22-21(24)18-9-7-8-10-20(18)25-4/h7-14,19H,5-6,15H2,1-4H3,(H,22,24). The molecule has 134 valence electrons. The van der Waals surface area contributed by atoms with Crippen molar-refractivity contribution in [3.63, 3.8) is 0 Å². The van der Waals surface area contributed by atoms with Gasteiger partial charge in [0.05, 0.1) is 18.7 Å². The van der Waals surface area contributed by atoms with E-state index < -0.39 is 0 Å². The van der Waals surface area contributed by atoms with E-state index in [1.165, 1.54) is 11.1 Å². The topological polar surface area (TPSA) is 41.6 Å². The lowest BCUT2D eigenvalue weighted by Crippen LogP contribution is -2.38. The van der Waals surface area contributed by atoms with Crippen molar-refractivity contribution in [1.82, 2.24) is 10.2 Å². The summed E-state index contributed by atoms with van der Waals surface area (Å²) in [5.41, 5.74) is 3.02. The molecule has 0 aliphatic heterocycles. The fraction of sp³-hybridized carbons (Fsp3) is 0.381. The summed E-state index contributed by atoms with van der Waals surface area (Å²) in [7, 11) is 1.58. The molecule has 0 spiro atoms. The summed E-state index contributed by atoms with van der Waals surface area (Å²) in [6.07, 6.45) is 0. The summed E-state index contributed by atoms with van der Waals surface area (Å²) in [6, 6.07) is 16.0. The smallest absolute Gasteiger partial charge is 0.255 e. The number of nitrogens with zero attached hydrogens (tertiary/aromatic N) is 1. The molecule has 1 atom stereocenters. The summed E-state index contributed by atoms with van der Waals surface area (Å²) in [6.45, 7) is 8.79. The van der Waals surface area contributed by atoms with Crippen LogP contribution in [0.1, 0.15) is 41.4 Å². The van der Waals surface area contributed by atoms with Crippen LogP contribution in [0.25, 0.3) is 0 Å². The van der Waals surface area contributed by atoms with Gasteiger partial charge in [-0.25, -0.2) is 0 Å². The van der Waals surface area contributed by atoms with E-state index in [-0.39, 0.29) is 11.9 Å². The number of rotatable bonds is 8. The molecule has 0 bridgehead atoms. The van der Waals surface area contributed by atoms with Crippen LogP contribution in [0.5, 0.6) is 5.75 Å². The Morgan fingerprint density at radius 2 is 1.72 bits per heavy atom. The Bertz CT molecular complexity index is 679. The maximum atomic E-state index is 12.6. The molecule has 2 rings (SSSR count). The van der Waals surface area contributed by atoms with Crippen molar-refractivity contribution >= 4 is 5.91 Å². The molecule has 0 aliphatic carbocycles. The minimum Gasteiger partial charge on any atom is -0.496 e. The van der Waals surface area contributed by atoms with Crippen molar-refractivity contribution in [2.45, 2.75) is 26.8 Å². The van der Waals surface area contributed by atoms with Gasteiger partial charge in [-0.05, 0) is 37.7 Å². The molecule has 1 unspecified atom stereocenters. The number of carbonyl (C=O) groups excluding carboxylic acids is 1. The highest BCUT2D eigenvalue weighted by atomic mass is 16.5. The number of carbonyl (C=O) groups is 1. The average Bonchev–Trinajstić information content (AvgIpc) is 2.65. The summed E-state index contributed by atoms with van der Waals surface area (Å²) < 4.78 is 5.29. The van der Waals surface area contributed by atoms with E-state index in [9.17, 15) is 4.79 Å². The van der Waals surface area contributed by atoms with Gasteiger partial charge in [-0.2, -0.15) is 0 Å². The highest BCUT2D eigenvalue weighted by molar-refractivity contribution is 5.96. The van der Waals surface area contributed by atoms with E-state index in [0.29, 0.717) is 17.9 Å². The number of benzene rings is 2. The molecule has 0 saturated heterocycles. The number of likely N-dealkylation sites (N-methyl/N-ethyl adjacent to an activating group) is 1. The second-order valence-corrected chi connectivity index (χ2v) is 6.06. The number of ether oxygens (including phenoxy) is 1. The molecule has 2 aromatic rings. The third-order valence-electron chi connectivity index (χ3n) is 4.52. The minimum absolute atomic E-state index is 0.110. The number of hydrogen-bond acceptors (Lipinski definition) is 3. The van der Waals surface area contributed by atoms with Crippen molar-refractivity contribution in [1.29, 1.82) is 0 Å². The van der Waals surface area contributed by atoms with E-state index in [1.807, 2.05) is 12.1 Å². The molecule has 0 heterocycles. The van der Waals surface area contributed by atoms with Crippen LogP contribution < -0.4 is 10.1 Å². The Labute approximate surface area is 150 Å². The zero-order chi connectivity index (χ0) is 18.2. The van der Waals surface area contributed by atoms with Gasteiger partial charge >= 0.3 is 0 Å². The molecule has 4 nitrogen and oxygen atoms in total. The summed E-state index contributed by atoms with van der Waals surface area (Å²) in [5.74, 6) is 0.483.